The Labute approximate surface area is 88.7 Å². The van der Waals surface area contributed by atoms with Crippen LogP contribution in [0.15, 0.2) is 11.4 Å². The van der Waals surface area contributed by atoms with Gasteiger partial charge in [0.05, 0.1) is 12.7 Å². The molecule has 1 aromatic rings. The number of aliphatic hydroxyl groups excluding tert-OH is 1. The number of rotatable bonds is 6. The topological polar surface area (TPSA) is 41.5 Å². The van der Waals surface area contributed by atoms with Crippen molar-refractivity contribution in [1.29, 1.82) is 0 Å². The highest BCUT2D eigenvalue weighted by Gasteiger charge is 2.03. The van der Waals surface area contributed by atoms with Crippen LogP contribution in [0.25, 0.3) is 0 Å². The van der Waals surface area contributed by atoms with Gasteiger partial charge in [0.1, 0.15) is 0 Å². The third-order valence-electron chi connectivity index (χ3n) is 1.99. The van der Waals surface area contributed by atoms with Crippen molar-refractivity contribution in [1.82, 2.24) is 5.32 Å². The van der Waals surface area contributed by atoms with Crippen molar-refractivity contribution in [3.05, 3.63) is 21.9 Å². The van der Waals surface area contributed by atoms with Crippen LogP contribution in [-0.2, 0) is 11.3 Å². The molecule has 1 unspecified atom stereocenters. The summed E-state index contributed by atoms with van der Waals surface area (Å²) in [5, 5.41) is 14.6. The number of methoxy groups -OCH3 is 1. The molecule has 1 atom stereocenters. The fourth-order valence-electron chi connectivity index (χ4n) is 1.19. The molecule has 0 bridgehead atoms. The second-order valence-corrected chi connectivity index (χ2v) is 4.27. The van der Waals surface area contributed by atoms with Crippen molar-refractivity contribution in [2.24, 2.45) is 0 Å². The summed E-state index contributed by atoms with van der Waals surface area (Å²) in [6.45, 7) is 3.88. The highest BCUT2D eigenvalue weighted by atomic mass is 32.1. The molecule has 0 fully saturated rings. The Morgan fingerprint density at radius 2 is 2.43 bits per heavy atom. The van der Waals surface area contributed by atoms with Crippen LogP contribution in [0.2, 0.25) is 0 Å². The predicted octanol–water partition coefficient (Wildman–Crippen LogP) is 1.15. The summed E-state index contributed by atoms with van der Waals surface area (Å²) in [5.74, 6) is 0. The molecule has 0 amide bonds. The lowest BCUT2D eigenvalue weighted by Gasteiger charge is -2.10. The molecule has 0 aliphatic heterocycles. The Morgan fingerprint density at radius 3 is 3.00 bits per heavy atom. The van der Waals surface area contributed by atoms with Gasteiger partial charge < -0.3 is 15.2 Å². The van der Waals surface area contributed by atoms with Crippen LogP contribution in [0.5, 0.6) is 0 Å². The standard InChI is InChI=1S/C10H17NO2S/c1-8-3-4-14-10(8)6-11-5-9(12)7-13-2/h3-4,9,11-12H,5-7H2,1-2H3. The summed E-state index contributed by atoms with van der Waals surface area (Å²) in [7, 11) is 1.59. The number of ether oxygens (including phenoxy) is 1. The molecular weight excluding hydrogens is 198 g/mol. The second-order valence-electron chi connectivity index (χ2n) is 3.27. The van der Waals surface area contributed by atoms with Crippen LogP contribution in [0.3, 0.4) is 0 Å². The zero-order valence-corrected chi connectivity index (χ0v) is 9.43. The molecule has 0 aliphatic carbocycles. The molecule has 1 rings (SSSR count). The van der Waals surface area contributed by atoms with Crippen LogP contribution in [0.1, 0.15) is 10.4 Å². The van der Waals surface area contributed by atoms with E-state index in [2.05, 4.69) is 23.7 Å². The zero-order chi connectivity index (χ0) is 10.4. The summed E-state index contributed by atoms with van der Waals surface area (Å²) in [6, 6.07) is 2.10. The molecule has 3 nitrogen and oxygen atoms in total. The first-order valence-electron chi connectivity index (χ1n) is 4.64. The van der Waals surface area contributed by atoms with E-state index in [9.17, 15) is 5.11 Å². The van der Waals surface area contributed by atoms with E-state index in [1.54, 1.807) is 18.4 Å². The van der Waals surface area contributed by atoms with Gasteiger partial charge in [0.2, 0.25) is 0 Å². The van der Waals surface area contributed by atoms with Gasteiger partial charge in [-0.15, -0.1) is 11.3 Å². The fourth-order valence-corrected chi connectivity index (χ4v) is 2.06. The lowest BCUT2D eigenvalue weighted by atomic mass is 10.3. The lowest BCUT2D eigenvalue weighted by Crippen LogP contribution is -2.29. The predicted molar refractivity (Wildman–Crippen MR) is 58.6 cm³/mol. The number of nitrogens with one attached hydrogen (secondary N) is 1. The van der Waals surface area contributed by atoms with Crippen LogP contribution < -0.4 is 5.32 Å². The highest BCUT2D eigenvalue weighted by Crippen LogP contribution is 2.14. The molecule has 2 N–H and O–H groups in total. The third-order valence-corrected chi connectivity index (χ3v) is 3.02. The average molecular weight is 215 g/mol. The second kappa shape index (κ2) is 6.14. The summed E-state index contributed by atoms with van der Waals surface area (Å²) in [6.07, 6.45) is -0.416. The lowest BCUT2D eigenvalue weighted by molar-refractivity contribution is 0.0644. The van der Waals surface area contributed by atoms with Crippen molar-refractivity contribution in [2.45, 2.75) is 19.6 Å². The maximum Gasteiger partial charge on any atom is 0.0897 e. The summed E-state index contributed by atoms with van der Waals surface area (Å²) in [5.41, 5.74) is 1.31. The minimum Gasteiger partial charge on any atom is -0.389 e. The summed E-state index contributed by atoms with van der Waals surface area (Å²) in [4.78, 5) is 1.33. The average Bonchev–Trinajstić information content (AvgIpc) is 2.52. The Balaban J connectivity index is 2.19. The third kappa shape index (κ3) is 3.75. The normalized spacial score (nSPS) is 13.1. The van der Waals surface area contributed by atoms with Crippen molar-refractivity contribution in [3.63, 3.8) is 0 Å². The van der Waals surface area contributed by atoms with Crippen molar-refractivity contribution < 1.29 is 9.84 Å². The smallest absolute Gasteiger partial charge is 0.0897 e. The summed E-state index contributed by atoms with van der Waals surface area (Å²) < 4.78 is 4.83. The number of aliphatic hydroxyl groups is 1. The number of hydrogen-bond acceptors (Lipinski definition) is 4. The molecule has 1 aromatic heterocycles. The van der Waals surface area contributed by atoms with Crippen LogP contribution in [-0.4, -0.2) is 31.5 Å². The van der Waals surface area contributed by atoms with Gasteiger partial charge >= 0.3 is 0 Å². The molecule has 0 saturated heterocycles. The maximum atomic E-state index is 9.36. The Hall–Kier alpha value is -0.420. The first kappa shape index (κ1) is 11.7. The molecule has 80 valence electrons. The molecule has 14 heavy (non-hydrogen) atoms. The number of hydrogen-bond donors (Lipinski definition) is 2. The molecule has 0 saturated carbocycles. The van der Waals surface area contributed by atoms with E-state index >= 15 is 0 Å². The minimum absolute atomic E-state index is 0.385. The zero-order valence-electron chi connectivity index (χ0n) is 8.62. The first-order chi connectivity index (χ1) is 6.74. The Kier molecular flexibility index (Phi) is 5.11. The van der Waals surface area contributed by atoms with Crippen LogP contribution in [0, 0.1) is 6.92 Å². The molecule has 0 aromatic carbocycles. The first-order valence-corrected chi connectivity index (χ1v) is 5.52. The van der Waals surface area contributed by atoms with Gasteiger partial charge in [0, 0.05) is 25.1 Å². The van der Waals surface area contributed by atoms with Crippen LogP contribution >= 0.6 is 11.3 Å². The molecule has 4 heteroatoms. The molecule has 0 aliphatic rings. The van der Waals surface area contributed by atoms with Crippen LogP contribution in [0.4, 0.5) is 0 Å². The SMILES string of the molecule is COCC(O)CNCc1sccc1C. The van der Waals surface area contributed by atoms with Gasteiger partial charge in [-0.1, -0.05) is 0 Å². The van der Waals surface area contributed by atoms with E-state index < -0.39 is 6.10 Å². The van der Waals surface area contributed by atoms with Gasteiger partial charge in [0.25, 0.3) is 0 Å². The largest absolute Gasteiger partial charge is 0.389 e. The quantitative estimate of drug-likeness (QED) is 0.748. The van der Waals surface area contributed by atoms with E-state index in [1.807, 2.05) is 0 Å². The Morgan fingerprint density at radius 1 is 1.64 bits per heavy atom. The van der Waals surface area contributed by atoms with Gasteiger partial charge in [-0.25, -0.2) is 0 Å². The van der Waals surface area contributed by atoms with E-state index in [4.69, 9.17) is 4.74 Å². The van der Waals surface area contributed by atoms with E-state index in [0.717, 1.165) is 6.54 Å². The minimum atomic E-state index is -0.416. The van der Waals surface area contributed by atoms with Crippen molar-refractivity contribution >= 4 is 11.3 Å². The van der Waals surface area contributed by atoms with Gasteiger partial charge in [-0.3, -0.25) is 0 Å². The summed E-state index contributed by atoms with van der Waals surface area (Å²) >= 11 is 1.74. The molecule has 1 heterocycles. The van der Waals surface area contributed by atoms with Crippen molar-refractivity contribution in [3.8, 4) is 0 Å². The van der Waals surface area contributed by atoms with E-state index in [1.165, 1.54) is 10.4 Å². The molecular formula is C10H17NO2S. The van der Waals surface area contributed by atoms with Crippen molar-refractivity contribution in [2.75, 3.05) is 20.3 Å². The Bertz CT molecular complexity index is 262. The van der Waals surface area contributed by atoms with E-state index in [0.29, 0.717) is 13.2 Å². The van der Waals surface area contributed by atoms with Gasteiger partial charge in [-0.2, -0.15) is 0 Å². The maximum absolute atomic E-state index is 9.36. The van der Waals surface area contributed by atoms with E-state index in [-0.39, 0.29) is 0 Å². The number of aryl methyl sites for hydroxylation is 1. The van der Waals surface area contributed by atoms with Gasteiger partial charge in [0.15, 0.2) is 0 Å². The molecule has 0 radical (unpaired) electrons. The van der Waals surface area contributed by atoms with Gasteiger partial charge in [-0.05, 0) is 23.9 Å². The monoisotopic (exact) mass is 215 g/mol. The highest BCUT2D eigenvalue weighted by molar-refractivity contribution is 7.10. The molecule has 0 spiro atoms. The fraction of sp³-hybridized carbons (Fsp3) is 0.600. The number of thiophene rings is 1.